The van der Waals surface area contributed by atoms with Crippen molar-refractivity contribution >= 4 is 20.4 Å². The third-order valence-corrected chi connectivity index (χ3v) is 10.4. The lowest BCUT2D eigenvalue weighted by Crippen LogP contribution is -2.15. The second kappa shape index (κ2) is 7.27. The van der Waals surface area contributed by atoms with Crippen LogP contribution in [-0.4, -0.2) is 25.0 Å². The minimum Gasteiger partial charge on any atom is -0.507 e. The van der Waals surface area contributed by atoms with Crippen LogP contribution in [0.3, 0.4) is 0 Å². The summed E-state index contributed by atoms with van der Waals surface area (Å²) in [4.78, 5) is 0.430. The molecule has 1 heterocycles. The number of hydrogen-bond donors (Lipinski definition) is 1. The first-order valence-electron chi connectivity index (χ1n) is 8.67. The van der Waals surface area contributed by atoms with E-state index < -0.39 is 32.2 Å². The molecule has 2 aromatic rings. The molecule has 0 saturated carbocycles. The molecule has 0 spiro atoms. The average Bonchev–Trinajstić information content (AvgIpc) is 3.07. The fourth-order valence-electron chi connectivity index (χ4n) is 3.27. The van der Waals surface area contributed by atoms with Crippen molar-refractivity contribution < 1.29 is 30.3 Å². The highest BCUT2D eigenvalue weighted by atomic mass is 32.3. The Labute approximate surface area is 164 Å². The van der Waals surface area contributed by atoms with Crippen molar-refractivity contribution in [3.05, 3.63) is 53.1 Å². The van der Waals surface area contributed by atoms with Gasteiger partial charge in [0.1, 0.15) is 5.75 Å². The van der Waals surface area contributed by atoms with E-state index in [1.54, 1.807) is 26.0 Å². The zero-order valence-corrected chi connectivity index (χ0v) is 17.0. The lowest BCUT2D eigenvalue weighted by molar-refractivity contribution is -0.137. The van der Waals surface area contributed by atoms with Crippen molar-refractivity contribution in [1.82, 2.24) is 0 Å². The third-order valence-electron chi connectivity index (χ3n) is 4.78. The van der Waals surface area contributed by atoms with E-state index in [4.69, 9.17) is 3.63 Å². The number of aryl methyl sites for hydroxylation is 2. The van der Waals surface area contributed by atoms with Gasteiger partial charge in [-0.15, -0.1) is 0 Å². The van der Waals surface area contributed by atoms with Gasteiger partial charge < -0.3 is 5.11 Å². The van der Waals surface area contributed by atoms with Crippen molar-refractivity contribution in [1.29, 1.82) is 0 Å². The summed E-state index contributed by atoms with van der Waals surface area (Å²) in [6.45, 7) is 3.47. The first-order valence-corrected chi connectivity index (χ1v) is 12.0. The standard InChI is InChI=1S/C19H21F3O4S2/c1-13-11-17(12-14(2)18(13)23)27(9-3-4-10-27)26-28(24,25)16-7-5-15(6-8-16)19(20,21)22/h5-8,11-12,23H,3-4,9-10H2,1-2H3. The Kier molecular flexibility index (Phi) is 5.46. The smallest absolute Gasteiger partial charge is 0.416 e. The van der Waals surface area contributed by atoms with Crippen molar-refractivity contribution in [3.8, 4) is 5.75 Å². The van der Waals surface area contributed by atoms with E-state index in [0.29, 0.717) is 22.6 Å². The molecule has 28 heavy (non-hydrogen) atoms. The summed E-state index contributed by atoms with van der Waals surface area (Å²) in [7, 11) is -6.41. The normalized spacial score (nSPS) is 18.2. The maximum Gasteiger partial charge on any atom is 0.416 e. The molecular weight excluding hydrogens is 413 g/mol. The summed E-state index contributed by atoms with van der Waals surface area (Å²) in [5.74, 6) is 1.26. The zero-order valence-electron chi connectivity index (χ0n) is 15.4. The first-order chi connectivity index (χ1) is 12.9. The zero-order chi connectivity index (χ0) is 20.7. The highest BCUT2D eigenvalue weighted by Gasteiger charge is 2.38. The minimum absolute atomic E-state index is 0.155. The molecule has 4 nitrogen and oxygen atoms in total. The van der Waals surface area contributed by atoms with E-state index in [9.17, 15) is 26.7 Å². The number of alkyl halides is 3. The molecule has 1 N–H and O–H groups in total. The number of aromatic hydroxyl groups is 1. The van der Waals surface area contributed by atoms with Crippen LogP contribution in [0.1, 0.15) is 29.5 Å². The Morgan fingerprint density at radius 1 is 1.00 bits per heavy atom. The van der Waals surface area contributed by atoms with Gasteiger partial charge in [0.2, 0.25) is 0 Å². The predicted octanol–water partition coefficient (Wildman–Crippen LogP) is 5.31. The highest BCUT2D eigenvalue weighted by Crippen LogP contribution is 2.63. The maximum absolute atomic E-state index is 12.8. The molecule has 9 heteroatoms. The van der Waals surface area contributed by atoms with Crippen LogP contribution in [0.2, 0.25) is 0 Å². The molecule has 0 bridgehead atoms. The molecule has 0 radical (unpaired) electrons. The summed E-state index contributed by atoms with van der Waals surface area (Å²) >= 11 is 0. The van der Waals surface area contributed by atoms with Gasteiger partial charge in [-0.25, -0.2) is 3.63 Å². The molecule has 0 unspecified atom stereocenters. The van der Waals surface area contributed by atoms with Crippen molar-refractivity contribution in [2.45, 2.75) is 42.7 Å². The van der Waals surface area contributed by atoms with Gasteiger partial charge in [0.25, 0.3) is 0 Å². The Hall–Kier alpha value is -1.71. The fourth-order valence-corrected chi connectivity index (χ4v) is 9.08. The number of halogens is 3. The molecule has 1 saturated heterocycles. The van der Waals surface area contributed by atoms with Gasteiger partial charge in [-0.1, -0.05) is 10.3 Å². The van der Waals surface area contributed by atoms with Gasteiger partial charge in [0, 0.05) is 16.4 Å². The van der Waals surface area contributed by atoms with Crippen molar-refractivity contribution in [2.24, 2.45) is 0 Å². The Morgan fingerprint density at radius 2 is 1.50 bits per heavy atom. The monoisotopic (exact) mass is 434 g/mol. The van der Waals surface area contributed by atoms with E-state index in [0.717, 1.165) is 42.0 Å². The number of phenolic OH excluding ortho intramolecular Hbond substituents is 1. The molecule has 1 aliphatic heterocycles. The van der Waals surface area contributed by atoms with E-state index in [1.165, 1.54) is 0 Å². The second-order valence-electron chi connectivity index (χ2n) is 6.88. The van der Waals surface area contributed by atoms with Crippen molar-refractivity contribution in [3.63, 3.8) is 0 Å². The van der Waals surface area contributed by atoms with Gasteiger partial charge >= 0.3 is 16.3 Å². The molecule has 1 aliphatic rings. The van der Waals surface area contributed by atoms with Gasteiger partial charge in [-0.3, -0.25) is 0 Å². The maximum atomic E-state index is 12.8. The topological polar surface area (TPSA) is 63.6 Å². The Morgan fingerprint density at radius 3 is 1.96 bits per heavy atom. The van der Waals surface area contributed by atoms with E-state index in [2.05, 4.69) is 0 Å². The van der Waals surface area contributed by atoms with E-state index in [1.807, 2.05) is 0 Å². The fraction of sp³-hybridized carbons (Fsp3) is 0.368. The van der Waals surface area contributed by atoms with E-state index in [-0.39, 0.29) is 10.6 Å². The molecule has 3 rings (SSSR count). The number of rotatable bonds is 4. The van der Waals surface area contributed by atoms with Crippen LogP contribution in [0.25, 0.3) is 0 Å². The van der Waals surface area contributed by atoms with Gasteiger partial charge in [-0.2, -0.15) is 21.6 Å². The lowest BCUT2D eigenvalue weighted by atomic mass is 10.1. The summed E-state index contributed by atoms with van der Waals surface area (Å²) in [6, 6.07) is 6.81. The Balaban J connectivity index is 1.98. The van der Waals surface area contributed by atoms with Crippen LogP contribution in [0.5, 0.6) is 5.75 Å². The average molecular weight is 435 g/mol. The predicted molar refractivity (Wildman–Crippen MR) is 102 cm³/mol. The summed E-state index contributed by atoms with van der Waals surface area (Å²) < 4.78 is 69.6. The van der Waals surface area contributed by atoms with Gasteiger partial charge in [0.15, 0.2) is 0 Å². The molecule has 0 aliphatic carbocycles. The summed E-state index contributed by atoms with van der Waals surface area (Å²) in [5.41, 5.74) is 0.341. The Bertz CT molecular complexity index is 954. The number of phenols is 1. The van der Waals surface area contributed by atoms with Crippen LogP contribution in [0, 0.1) is 13.8 Å². The van der Waals surface area contributed by atoms with Crippen LogP contribution in [0.15, 0.2) is 46.2 Å². The number of hydrogen-bond acceptors (Lipinski definition) is 4. The van der Waals surface area contributed by atoms with Crippen LogP contribution < -0.4 is 0 Å². The van der Waals surface area contributed by atoms with E-state index >= 15 is 0 Å². The quantitative estimate of drug-likeness (QED) is 0.709. The van der Waals surface area contributed by atoms with Crippen LogP contribution >= 0.6 is 10.3 Å². The molecule has 0 aromatic heterocycles. The minimum atomic E-state index is -4.54. The number of benzene rings is 2. The third kappa shape index (κ3) is 4.01. The molecular formula is C19H21F3O4S2. The largest absolute Gasteiger partial charge is 0.507 e. The summed E-state index contributed by atoms with van der Waals surface area (Å²) in [6.07, 6.45) is -2.93. The van der Waals surface area contributed by atoms with Crippen molar-refractivity contribution in [2.75, 3.05) is 11.5 Å². The first kappa shape index (κ1) is 21.0. The molecule has 1 fully saturated rings. The SMILES string of the molecule is Cc1cc(S2(OS(=O)(=O)c3ccc(C(F)(F)F)cc3)CCCC2)cc(C)c1O. The van der Waals surface area contributed by atoms with Gasteiger partial charge in [-0.05, 0) is 74.2 Å². The summed E-state index contributed by atoms with van der Waals surface area (Å²) in [5, 5.41) is 10.0. The highest BCUT2D eigenvalue weighted by molar-refractivity contribution is 8.33. The van der Waals surface area contributed by atoms with Gasteiger partial charge in [0.05, 0.1) is 10.5 Å². The van der Waals surface area contributed by atoms with Crippen LogP contribution in [-0.2, 0) is 19.9 Å². The molecule has 154 valence electrons. The molecule has 2 aromatic carbocycles. The lowest BCUT2D eigenvalue weighted by Gasteiger charge is -2.35. The molecule has 0 amide bonds. The molecule has 0 atom stereocenters. The second-order valence-corrected chi connectivity index (χ2v) is 11.7. The van der Waals surface area contributed by atoms with Crippen LogP contribution in [0.4, 0.5) is 13.2 Å².